The van der Waals surface area contributed by atoms with Crippen molar-refractivity contribution in [3.63, 3.8) is 0 Å². The Labute approximate surface area is 248 Å². The summed E-state index contributed by atoms with van der Waals surface area (Å²) >= 11 is 13.2. The van der Waals surface area contributed by atoms with Crippen LogP contribution in [0.15, 0.2) is 126 Å². The average Bonchev–Trinajstić information content (AvgIpc) is 2.83. The van der Waals surface area contributed by atoms with E-state index in [4.69, 9.17) is 0 Å². The molecule has 0 saturated heterocycles. The normalized spacial score (nSPS) is 17.3. The number of benzene rings is 2. The molecular weight excluding hydrogens is 751 g/mol. The van der Waals surface area contributed by atoms with Gasteiger partial charge in [-0.1, -0.05) is 68.3 Å². The quantitative estimate of drug-likeness (QED) is 0.308. The maximum absolute atomic E-state index is 11.8. The van der Waals surface area contributed by atoms with Crippen LogP contribution in [-0.4, -0.2) is 11.6 Å². The molecule has 2 aliphatic carbocycles. The summed E-state index contributed by atoms with van der Waals surface area (Å²) in [5.74, 6) is -0.0618. The van der Waals surface area contributed by atoms with Gasteiger partial charge >= 0.3 is 0 Å². The first kappa shape index (κ1) is 29.5. The van der Waals surface area contributed by atoms with Gasteiger partial charge in [-0.05, 0) is 80.4 Å². The Morgan fingerprint density at radius 1 is 0.543 bits per heavy atom. The second-order valence-electron chi connectivity index (χ2n) is 6.92. The molecule has 2 aromatic carbocycles. The third kappa shape index (κ3) is 9.32. The van der Waals surface area contributed by atoms with Gasteiger partial charge in [0.25, 0.3) is 0 Å². The van der Waals surface area contributed by atoms with Gasteiger partial charge in [0, 0.05) is 60.7 Å². The van der Waals surface area contributed by atoms with Crippen molar-refractivity contribution < 1.29 is 26.4 Å². The standard InChI is InChI=1S/2C13H9Br2NO.Co/c2*14-10-6-9(13(17)12(15)7-10)8-16-11-4-2-1-3-5-11;/h2*1-8,16H;/b2*9-8-;. The Hall–Kier alpha value is -1.75. The van der Waals surface area contributed by atoms with E-state index in [9.17, 15) is 9.59 Å². The topological polar surface area (TPSA) is 58.2 Å². The van der Waals surface area contributed by atoms with Crippen LogP contribution in [0.1, 0.15) is 0 Å². The number of hydrogen-bond donors (Lipinski definition) is 2. The Morgan fingerprint density at radius 2 is 0.886 bits per heavy atom. The SMILES string of the molecule is O=C1C(Br)=CC(Br)=C/C1=C/Nc1ccccc1.O=C1C(Br)=CC(Br)=C/C1=C/Nc1ccccc1.[Co]. The van der Waals surface area contributed by atoms with E-state index >= 15 is 0 Å². The summed E-state index contributed by atoms with van der Waals surface area (Å²) in [4.78, 5) is 23.6. The molecule has 2 aliphatic rings. The van der Waals surface area contributed by atoms with E-state index in [1.807, 2.05) is 60.7 Å². The third-order valence-corrected chi connectivity index (χ3v) is 6.50. The molecule has 0 heterocycles. The van der Waals surface area contributed by atoms with E-state index in [0.717, 1.165) is 20.3 Å². The molecule has 35 heavy (non-hydrogen) atoms. The smallest absolute Gasteiger partial charge is 0.201 e. The first-order valence-corrected chi connectivity index (χ1v) is 13.1. The van der Waals surface area contributed by atoms with Gasteiger partial charge in [-0.25, -0.2) is 0 Å². The summed E-state index contributed by atoms with van der Waals surface area (Å²) < 4.78 is 2.83. The summed E-state index contributed by atoms with van der Waals surface area (Å²) in [6.07, 6.45) is 10.4. The van der Waals surface area contributed by atoms with Crippen molar-refractivity contribution in [2.24, 2.45) is 0 Å². The number of carbonyl (C=O) groups is 2. The number of anilines is 2. The van der Waals surface area contributed by atoms with Crippen molar-refractivity contribution in [3.05, 3.63) is 126 Å². The van der Waals surface area contributed by atoms with Crippen molar-refractivity contribution in [1.82, 2.24) is 0 Å². The second kappa shape index (κ2) is 14.7. The predicted molar refractivity (Wildman–Crippen MR) is 154 cm³/mol. The van der Waals surface area contributed by atoms with Crippen molar-refractivity contribution in [3.8, 4) is 0 Å². The number of halogens is 4. The zero-order chi connectivity index (χ0) is 24.5. The van der Waals surface area contributed by atoms with E-state index in [-0.39, 0.29) is 28.3 Å². The molecule has 181 valence electrons. The molecule has 2 aromatic rings. The largest absolute Gasteiger partial charge is 0.361 e. The molecule has 4 rings (SSSR count). The molecule has 0 atom stereocenters. The first-order chi connectivity index (χ1) is 16.3. The fraction of sp³-hybridized carbons (Fsp3) is 0. The number of Topliss-reactive ketones (excluding diaryl/α,β-unsaturated/α-hetero) is 2. The van der Waals surface area contributed by atoms with Crippen molar-refractivity contribution >= 4 is 86.7 Å². The molecule has 0 amide bonds. The number of nitrogens with one attached hydrogen (secondary N) is 2. The molecule has 0 aromatic heterocycles. The van der Waals surface area contributed by atoms with Crippen LogP contribution in [0.5, 0.6) is 0 Å². The van der Waals surface area contributed by atoms with E-state index in [0.29, 0.717) is 20.1 Å². The van der Waals surface area contributed by atoms with Gasteiger partial charge in [-0.3, -0.25) is 9.59 Å². The van der Waals surface area contributed by atoms with Gasteiger partial charge in [0.05, 0.1) is 8.96 Å². The van der Waals surface area contributed by atoms with Crippen LogP contribution < -0.4 is 10.6 Å². The monoisotopic (exact) mass is 765 g/mol. The molecule has 0 saturated carbocycles. The fourth-order valence-corrected chi connectivity index (χ4v) is 5.28. The van der Waals surface area contributed by atoms with Crippen LogP contribution in [0.2, 0.25) is 0 Å². The number of allylic oxidation sites excluding steroid dienone is 10. The number of rotatable bonds is 4. The van der Waals surface area contributed by atoms with E-state index in [1.165, 1.54) is 0 Å². The second-order valence-corrected chi connectivity index (χ2v) is 10.5. The number of carbonyl (C=O) groups excluding carboxylic acids is 2. The van der Waals surface area contributed by atoms with Gasteiger partial charge < -0.3 is 10.6 Å². The van der Waals surface area contributed by atoms with Crippen molar-refractivity contribution in [2.45, 2.75) is 0 Å². The Kier molecular flexibility index (Phi) is 12.4. The molecule has 0 spiro atoms. The van der Waals surface area contributed by atoms with E-state index in [1.54, 1.807) is 36.7 Å². The third-order valence-electron chi connectivity index (χ3n) is 4.41. The van der Waals surface area contributed by atoms with Gasteiger partial charge in [0.2, 0.25) is 11.6 Å². The predicted octanol–water partition coefficient (Wildman–Crippen LogP) is 8.24. The van der Waals surface area contributed by atoms with Crippen LogP contribution >= 0.6 is 63.7 Å². The fourth-order valence-electron chi connectivity index (χ4n) is 2.77. The Bertz CT molecular complexity index is 1170. The van der Waals surface area contributed by atoms with Crippen molar-refractivity contribution in [2.75, 3.05) is 10.6 Å². The van der Waals surface area contributed by atoms with Gasteiger partial charge in [-0.2, -0.15) is 0 Å². The van der Waals surface area contributed by atoms with Crippen LogP contribution in [0.4, 0.5) is 11.4 Å². The molecule has 0 unspecified atom stereocenters. The summed E-state index contributed by atoms with van der Waals surface area (Å²) in [5.41, 5.74) is 3.11. The zero-order valence-electron chi connectivity index (χ0n) is 17.9. The Balaban J connectivity index is 0.000000240. The van der Waals surface area contributed by atoms with Crippen molar-refractivity contribution in [1.29, 1.82) is 0 Å². The maximum atomic E-state index is 11.8. The van der Waals surface area contributed by atoms with Gasteiger partial charge in [0.1, 0.15) is 0 Å². The van der Waals surface area contributed by atoms with Crippen LogP contribution in [0.25, 0.3) is 0 Å². The maximum Gasteiger partial charge on any atom is 0.201 e. The molecule has 2 N–H and O–H groups in total. The number of ketones is 2. The van der Waals surface area contributed by atoms with Crippen LogP contribution in [0, 0.1) is 0 Å². The number of hydrogen-bond acceptors (Lipinski definition) is 4. The summed E-state index contributed by atoms with van der Waals surface area (Å²) in [7, 11) is 0. The molecule has 0 aliphatic heterocycles. The van der Waals surface area contributed by atoms with Gasteiger partial charge in [-0.15, -0.1) is 0 Å². The van der Waals surface area contributed by atoms with Crippen LogP contribution in [0.3, 0.4) is 0 Å². The summed E-state index contributed by atoms with van der Waals surface area (Å²) in [6, 6.07) is 19.4. The molecule has 0 bridgehead atoms. The average molecular weight is 769 g/mol. The Morgan fingerprint density at radius 3 is 1.23 bits per heavy atom. The minimum atomic E-state index is -0.0309. The number of para-hydroxylation sites is 2. The minimum absolute atomic E-state index is 0. The molecule has 0 fully saturated rings. The first-order valence-electron chi connectivity index (χ1n) is 9.95. The van der Waals surface area contributed by atoms with E-state index in [2.05, 4.69) is 74.4 Å². The van der Waals surface area contributed by atoms with E-state index < -0.39 is 0 Å². The summed E-state index contributed by atoms with van der Waals surface area (Å²) in [6.45, 7) is 0. The minimum Gasteiger partial charge on any atom is -0.361 e. The molecule has 9 heteroatoms. The molecule has 4 nitrogen and oxygen atoms in total. The summed E-state index contributed by atoms with van der Waals surface area (Å²) in [5, 5.41) is 6.18. The zero-order valence-corrected chi connectivity index (χ0v) is 25.3. The van der Waals surface area contributed by atoms with Gasteiger partial charge in [0.15, 0.2) is 0 Å². The molecular formula is C26H18Br4CoN2O2. The molecule has 1 radical (unpaired) electrons. The van der Waals surface area contributed by atoms with Crippen LogP contribution in [-0.2, 0) is 26.4 Å².